The highest BCUT2D eigenvalue weighted by molar-refractivity contribution is 5.98. The van der Waals surface area contributed by atoms with Gasteiger partial charge in [0.1, 0.15) is 13.2 Å². The van der Waals surface area contributed by atoms with Crippen molar-refractivity contribution in [3.05, 3.63) is 23.8 Å². The number of hydrogen-bond donors (Lipinski definition) is 0. The standard InChI is InChI=1S/C17H21NO3/c19-17(18-9-8-12-4-1-2-6-14(12)18)13-5-3-7-15-16(13)21-11-10-20-15/h3,5,7,12,14H,1-2,4,6,8-11H2. The minimum Gasteiger partial charge on any atom is -0.486 e. The van der Waals surface area contributed by atoms with E-state index in [1.54, 1.807) is 0 Å². The minimum absolute atomic E-state index is 0.117. The number of amides is 1. The van der Waals surface area contributed by atoms with E-state index in [1.165, 1.54) is 19.3 Å². The number of ether oxygens (including phenoxy) is 2. The van der Waals surface area contributed by atoms with Gasteiger partial charge in [-0.1, -0.05) is 18.9 Å². The van der Waals surface area contributed by atoms with Gasteiger partial charge in [-0.3, -0.25) is 4.79 Å². The number of likely N-dealkylation sites (tertiary alicyclic amines) is 1. The fraction of sp³-hybridized carbons (Fsp3) is 0.588. The average Bonchev–Trinajstić information content (AvgIpc) is 2.98. The summed E-state index contributed by atoms with van der Waals surface area (Å²) in [5.74, 6) is 2.16. The average molecular weight is 287 g/mol. The molecule has 0 radical (unpaired) electrons. The summed E-state index contributed by atoms with van der Waals surface area (Å²) >= 11 is 0. The van der Waals surface area contributed by atoms with Gasteiger partial charge in [-0.2, -0.15) is 0 Å². The molecule has 2 heterocycles. The maximum Gasteiger partial charge on any atom is 0.258 e. The maximum atomic E-state index is 13.0. The van der Waals surface area contributed by atoms with Crippen molar-refractivity contribution in [2.24, 2.45) is 5.92 Å². The summed E-state index contributed by atoms with van der Waals surface area (Å²) < 4.78 is 11.3. The molecule has 3 aliphatic rings. The number of benzene rings is 1. The van der Waals surface area contributed by atoms with Crippen molar-refractivity contribution in [3.8, 4) is 11.5 Å². The molecule has 1 aliphatic carbocycles. The number of nitrogens with zero attached hydrogens (tertiary/aromatic N) is 1. The highest BCUT2D eigenvalue weighted by Gasteiger charge is 2.39. The molecule has 2 atom stereocenters. The van der Waals surface area contributed by atoms with Crippen LogP contribution in [0.4, 0.5) is 0 Å². The van der Waals surface area contributed by atoms with E-state index in [2.05, 4.69) is 4.90 Å². The zero-order valence-corrected chi connectivity index (χ0v) is 12.2. The van der Waals surface area contributed by atoms with Gasteiger partial charge in [-0.05, 0) is 37.3 Å². The van der Waals surface area contributed by atoms with Crippen molar-refractivity contribution in [3.63, 3.8) is 0 Å². The highest BCUT2D eigenvalue weighted by Crippen LogP contribution is 2.39. The molecule has 2 aliphatic heterocycles. The molecule has 2 fully saturated rings. The van der Waals surface area contributed by atoms with Crippen LogP contribution < -0.4 is 9.47 Å². The molecule has 4 rings (SSSR count). The van der Waals surface area contributed by atoms with Gasteiger partial charge < -0.3 is 14.4 Å². The molecular weight excluding hydrogens is 266 g/mol. The molecule has 4 heteroatoms. The SMILES string of the molecule is O=C(c1cccc2c1OCCO2)N1CCC2CCCCC21. The van der Waals surface area contributed by atoms with E-state index in [4.69, 9.17) is 9.47 Å². The zero-order valence-electron chi connectivity index (χ0n) is 12.2. The molecule has 1 amide bonds. The Kier molecular flexibility index (Phi) is 3.24. The Balaban J connectivity index is 1.63. The lowest BCUT2D eigenvalue weighted by Gasteiger charge is -2.32. The van der Waals surface area contributed by atoms with E-state index in [0.717, 1.165) is 19.4 Å². The van der Waals surface area contributed by atoms with Crippen molar-refractivity contribution >= 4 is 5.91 Å². The molecule has 1 aromatic rings. The third-order valence-corrected chi connectivity index (χ3v) is 5.07. The number of para-hydroxylation sites is 1. The van der Waals surface area contributed by atoms with E-state index >= 15 is 0 Å². The Hall–Kier alpha value is -1.71. The first-order valence-corrected chi connectivity index (χ1v) is 8.04. The first-order chi connectivity index (χ1) is 10.3. The Labute approximate surface area is 125 Å². The molecule has 1 aromatic carbocycles. The van der Waals surface area contributed by atoms with E-state index in [-0.39, 0.29) is 5.91 Å². The van der Waals surface area contributed by atoms with Gasteiger partial charge in [0.2, 0.25) is 0 Å². The number of carbonyl (C=O) groups is 1. The van der Waals surface area contributed by atoms with Gasteiger partial charge >= 0.3 is 0 Å². The molecule has 21 heavy (non-hydrogen) atoms. The van der Waals surface area contributed by atoms with Crippen molar-refractivity contribution in [1.82, 2.24) is 4.90 Å². The minimum atomic E-state index is 0.117. The zero-order chi connectivity index (χ0) is 14.2. The van der Waals surface area contributed by atoms with Gasteiger partial charge in [0.15, 0.2) is 11.5 Å². The second kappa shape index (κ2) is 5.24. The van der Waals surface area contributed by atoms with Gasteiger partial charge in [-0.15, -0.1) is 0 Å². The topological polar surface area (TPSA) is 38.8 Å². The van der Waals surface area contributed by atoms with Gasteiger partial charge in [0.25, 0.3) is 5.91 Å². The van der Waals surface area contributed by atoms with E-state index in [0.29, 0.717) is 42.2 Å². The Morgan fingerprint density at radius 3 is 2.90 bits per heavy atom. The second-order valence-electron chi connectivity index (χ2n) is 6.23. The van der Waals surface area contributed by atoms with Crippen LogP contribution in [0.5, 0.6) is 11.5 Å². The number of hydrogen-bond acceptors (Lipinski definition) is 3. The lowest BCUT2D eigenvalue weighted by atomic mass is 9.85. The van der Waals surface area contributed by atoms with Crippen LogP contribution in [0.15, 0.2) is 18.2 Å². The molecule has 1 saturated heterocycles. The van der Waals surface area contributed by atoms with Crippen molar-refractivity contribution < 1.29 is 14.3 Å². The molecule has 0 aromatic heterocycles. The summed E-state index contributed by atoms with van der Waals surface area (Å²) in [7, 11) is 0. The van der Waals surface area contributed by atoms with Crippen LogP contribution in [0.25, 0.3) is 0 Å². The summed E-state index contributed by atoms with van der Waals surface area (Å²) in [6.45, 7) is 1.96. The van der Waals surface area contributed by atoms with E-state index in [9.17, 15) is 4.79 Å². The fourth-order valence-electron chi connectivity index (χ4n) is 4.05. The second-order valence-corrected chi connectivity index (χ2v) is 6.23. The van der Waals surface area contributed by atoms with E-state index < -0.39 is 0 Å². The summed E-state index contributed by atoms with van der Waals surface area (Å²) in [6.07, 6.45) is 6.16. The van der Waals surface area contributed by atoms with Crippen LogP contribution in [0.2, 0.25) is 0 Å². The summed E-state index contributed by atoms with van der Waals surface area (Å²) in [5.41, 5.74) is 0.665. The van der Waals surface area contributed by atoms with Crippen LogP contribution in [0.1, 0.15) is 42.5 Å². The smallest absolute Gasteiger partial charge is 0.258 e. The van der Waals surface area contributed by atoms with Crippen LogP contribution in [0.3, 0.4) is 0 Å². The highest BCUT2D eigenvalue weighted by atomic mass is 16.6. The fourth-order valence-corrected chi connectivity index (χ4v) is 4.05. The lowest BCUT2D eigenvalue weighted by Crippen LogP contribution is -2.39. The van der Waals surface area contributed by atoms with Crippen molar-refractivity contribution in [2.45, 2.75) is 38.1 Å². The van der Waals surface area contributed by atoms with Crippen LogP contribution >= 0.6 is 0 Å². The number of rotatable bonds is 1. The Morgan fingerprint density at radius 2 is 1.95 bits per heavy atom. The van der Waals surface area contributed by atoms with Crippen molar-refractivity contribution in [2.75, 3.05) is 19.8 Å². The predicted octanol–water partition coefficient (Wildman–Crippen LogP) is 2.86. The normalized spacial score (nSPS) is 27.3. The monoisotopic (exact) mass is 287 g/mol. The van der Waals surface area contributed by atoms with Gasteiger partial charge in [0.05, 0.1) is 5.56 Å². The number of carbonyl (C=O) groups excluding carboxylic acids is 1. The molecule has 4 nitrogen and oxygen atoms in total. The predicted molar refractivity (Wildman–Crippen MR) is 78.8 cm³/mol. The first-order valence-electron chi connectivity index (χ1n) is 8.04. The molecule has 0 spiro atoms. The number of fused-ring (bicyclic) bond motifs is 2. The summed E-state index contributed by atoms with van der Waals surface area (Å²) in [4.78, 5) is 15.0. The van der Waals surface area contributed by atoms with Gasteiger partial charge in [0, 0.05) is 12.6 Å². The molecule has 0 N–H and O–H groups in total. The van der Waals surface area contributed by atoms with Crippen molar-refractivity contribution in [1.29, 1.82) is 0 Å². The molecule has 0 bridgehead atoms. The third-order valence-electron chi connectivity index (χ3n) is 5.07. The third kappa shape index (κ3) is 2.17. The van der Waals surface area contributed by atoms with Crippen LogP contribution in [0, 0.1) is 5.92 Å². The Bertz CT molecular complexity index is 557. The molecule has 2 unspecified atom stereocenters. The summed E-state index contributed by atoms with van der Waals surface area (Å²) in [5, 5.41) is 0. The van der Waals surface area contributed by atoms with E-state index in [1.807, 2.05) is 18.2 Å². The molecule has 112 valence electrons. The Morgan fingerprint density at radius 1 is 1.10 bits per heavy atom. The first kappa shape index (κ1) is 13.0. The molecule has 1 saturated carbocycles. The summed E-state index contributed by atoms with van der Waals surface area (Å²) in [6, 6.07) is 6.06. The quantitative estimate of drug-likeness (QED) is 0.797. The van der Waals surface area contributed by atoms with Crippen LogP contribution in [-0.4, -0.2) is 36.6 Å². The largest absolute Gasteiger partial charge is 0.486 e. The lowest BCUT2D eigenvalue weighted by molar-refractivity contribution is 0.0680. The molecular formula is C17H21NO3. The van der Waals surface area contributed by atoms with Crippen LogP contribution in [-0.2, 0) is 0 Å². The van der Waals surface area contributed by atoms with Gasteiger partial charge in [-0.25, -0.2) is 0 Å². The maximum absolute atomic E-state index is 13.0.